The van der Waals surface area contributed by atoms with E-state index in [0.717, 1.165) is 38.1 Å². The fourth-order valence-corrected chi connectivity index (χ4v) is 3.48. The maximum absolute atomic E-state index is 12.3. The standard InChI is InChI=1S/C15H27NO2/c1-16(11-12-5-3-2-4-6-12)15(18)13-7-9-14(17)10-8-13/h12-14,17H,2-11H2,1H3. The van der Waals surface area contributed by atoms with E-state index in [1.165, 1.54) is 32.1 Å². The predicted octanol–water partition coefficient (Wildman–Crippen LogP) is 2.58. The lowest BCUT2D eigenvalue weighted by atomic mass is 9.85. The Morgan fingerprint density at radius 2 is 1.67 bits per heavy atom. The van der Waals surface area contributed by atoms with Gasteiger partial charge in [0.05, 0.1) is 6.10 Å². The third kappa shape index (κ3) is 3.71. The van der Waals surface area contributed by atoms with E-state index in [9.17, 15) is 9.90 Å². The molecule has 0 aliphatic heterocycles. The average molecular weight is 253 g/mol. The zero-order chi connectivity index (χ0) is 13.0. The number of hydrogen-bond acceptors (Lipinski definition) is 2. The number of nitrogens with zero attached hydrogens (tertiary/aromatic N) is 1. The van der Waals surface area contributed by atoms with E-state index in [1.54, 1.807) is 0 Å². The molecule has 104 valence electrons. The Balaban J connectivity index is 1.77. The van der Waals surface area contributed by atoms with Gasteiger partial charge in [-0.25, -0.2) is 0 Å². The van der Waals surface area contributed by atoms with Crippen molar-refractivity contribution in [3.05, 3.63) is 0 Å². The van der Waals surface area contributed by atoms with E-state index in [-0.39, 0.29) is 12.0 Å². The molecule has 1 N–H and O–H groups in total. The van der Waals surface area contributed by atoms with Crippen molar-refractivity contribution < 1.29 is 9.90 Å². The minimum absolute atomic E-state index is 0.169. The molecule has 0 radical (unpaired) electrons. The summed E-state index contributed by atoms with van der Waals surface area (Å²) in [6.45, 7) is 0.942. The van der Waals surface area contributed by atoms with Crippen molar-refractivity contribution >= 4 is 5.91 Å². The Bertz CT molecular complexity index is 266. The lowest BCUT2D eigenvalue weighted by Gasteiger charge is -2.31. The molecule has 2 saturated carbocycles. The number of aliphatic hydroxyl groups is 1. The van der Waals surface area contributed by atoms with Gasteiger partial charge in [0.2, 0.25) is 5.91 Å². The van der Waals surface area contributed by atoms with E-state index in [4.69, 9.17) is 0 Å². The minimum Gasteiger partial charge on any atom is -0.393 e. The van der Waals surface area contributed by atoms with Crippen LogP contribution in [0.2, 0.25) is 0 Å². The third-order valence-electron chi connectivity index (χ3n) is 4.68. The van der Waals surface area contributed by atoms with E-state index in [0.29, 0.717) is 5.91 Å². The smallest absolute Gasteiger partial charge is 0.225 e. The maximum atomic E-state index is 12.3. The second-order valence-electron chi connectivity index (χ2n) is 6.23. The highest BCUT2D eigenvalue weighted by Gasteiger charge is 2.28. The van der Waals surface area contributed by atoms with Gasteiger partial charge in [-0.15, -0.1) is 0 Å². The molecule has 2 rings (SSSR count). The fraction of sp³-hybridized carbons (Fsp3) is 0.933. The molecule has 0 aromatic heterocycles. The minimum atomic E-state index is -0.169. The highest BCUT2D eigenvalue weighted by atomic mass is 16.3. The molecule has 2 aliphatic rings. The summed E-state index contributed by atoms with van der Waals surface area (Å²) < 4.78 is 0. The maximum Gasteiger partial charge on any atom is 0.225 e. The van der Waals surface area contributed by atoms with E-state index < -0.39 is 0 Å². The van der Waals surface area contributed by atoms with E-state index in [2.05, 4.69) is 0 Å². The Labute approximate surface area is 111 Å². The number of hydrogen-bond donors (Lipinski definition) is 1. The summed E-state index contributed by atoms with van der Waals surface area (Å²) in [5.74, 6) is 1.20. The van der Waals surface area contributed by atoms with Crippen LogP contribution >= 0.6 is 0 Å². The van der Waals surface area contributed by atoms with Crippen LogP contribution in [0, 0.1) is 11.8 Å². The predicted molar refractivity (Wildman–Crippen MR) is 72.2 cm³/mol. The van der Waals surface area contributed by atoms with Gasteiger partial charge in [-0.1, -0.05) is 19.3 Å². The molecule has 0 aromatic rings. The van der Waals surface area contributed by atoms with Gasteiger partial charge in [0.1, 0.15) is 0 Å². The Kier molecular flexibility index (Phi) is 5.04. The molecule has 2 aliphatic carbocycles. The van der Waals surface area contributed by atoms with Crippen molar-refractivity contribution in [2.75, 3.05) is 13.6 Å². The van der Waals surface area contributed by atoms with Crippen molar-refractivity contribution in [1.29, 1.82) is 0 Å². The Hall–Kier alpha value is -0.570. The summed E-state index contributed by atoms with van der Waals surface area (Å²) in [5.41, 5.74) is 0. The van der Waals surface area contributed by atoms with Gasteiger partial charge < -0.3 is 10.0 Å². The summed E-state index contributed by atoms with van der Waals surface area (Å²) >= 11 is 0. The van der Waals surface area contributed by atoms with Gasteiger partial charge in [-0.05, 0) is 44.4 Å². The summed E-state index contributed by atoms with van der Waals surface area (Å²) in [7, 11) is 1.96. The molecule has 1 amide bonds. The van der Waals surface area contributed by atoms with Crippen molar-refractivity contribution in [3.8, 4) is 0 Å². The average Bonchev–Trinajstić information content (AvgIpc) is 2.40. The third-order valence-corrected chi connectivity index (χ3v) is 4.68. The van der Waals surface area contributed by atoms with Gasteiger partial charge in [-0.3, -0.25) is 4.79 Å². The monoisotopic (exact) mass is 253 g/mol. The van der Waals surface area contributed by atoms with Crippen molar-refractivity contribution in [2.45, 2.75) is 63.9 Å². The number of carbonyl (C=O) groups excluding carboxylic acids is 1. The number of carbonyl (C=O) groups is 1. The highest BCUT2D eigenvalue weighted by molar-refractivity contribution is 5.78. The molecule has 0 spiro atoms. The topological polar surface area (TPSA) is 40.5 Å². The van der Waals surface area contributed by atoms with Crippen LogP contribution < -0.4 is 0 Å². The van der Waals surface area contributed by atoms with Crippen LogP contribution in [-0.2, 0) is 4.79 Å². The number of rotatable bonds is 3. The molecule has 2 fully saturated rings. The fourth-order valence-electron chi connectivity index (χ4n) is 3.48. The van der Waals surface area contributed by atoms with E-state index >= 15 is 0 Å². The lowest BCUT2D eigenvalue weighted by molar-refractivity contribution is -0.136. The van der Waals surface area contributed by atoms with Gasteiger partial charge in [0.15, 0.2) is 0 Å². The molecule has 0 unspecified atom stereocenters. The Morgan fingerprint density at radius 3 is 2.28 bits per heavy atom. The van der Waals surface area contributed by atoms with Gasteiger partial charge in [-0.2, -0.15) is 0 Å². The molecule has 0 atom stereocenters. The molecule has 3 heteroatoms. The highest BCUT2D eigenvalue weighted by Crippen LogP contribution is 2.28. The summed E-state index contributed by atoms with van der Waals surface area (Å²) in [6, 6.07) is 0. The van der Waals surface area contributed by atoms with Crippen LogP contribution in [0.15, 0.2) is 0 Å². The SMILES string of the molecule is CN(CC1CCCCC1)C(=O)C1CCC(O)CC1. The van der Waals surface area contributed by atoms with E-state index in [1.807, 2.05) is 11.9 Å². The first kappa shape index (κ1) is 13.9. The summed E-state index contributed by atoms with van der Waals surface area (Å²) in [4.78, 5) is 14.3. The van der Waals surface area contributed by atoms with Crippen LogP contribution in [0.5, 0.6) is 0 Å². The second-order valence-corrected chi connectivity index (χ2v) is 6.23. The van der Waals surface area contributed by atoms with Crippen LogP contribution in [-0.4, -0.2) is 35.6 Å². The van der Waals surface area contributed by atoms with Gasteiger partial charge in [0.25, 0.3) is 0 Å². The summed E-state index contributed by atoms with van der Waals surface area (Å²) in [6.07, 6.45) is 9.80. The lowest BCUT2D eigenvalue weighted by Crippen LogP contribution is -2.38. The molecule has 0 saturated heterocycles. The van der Waals surface area contributed by atoms with Crippen LogP contribution in [0.4, 0.5) is 0 Å². The second kappa shape index (κ2) is 6.55. The first-order valence-corrected chi connectivity index (χ1v) is 7.60. The first-order chi connectivity index (χ1) is 8.66. The summed E-state index contributed by atoms with van der Waals surface area (Å²) in [5, 5.41) is 9.48. The van der Waals surface area contributed by atoms with Crippen LogP contribution in [0.25, 0.3) is 0 Å². The van der Waals surface area contributed by atoms with Gasteiger partial charge in [0, 0.05) is 19.5 Å². The first-order valence-electron chi connectivity index (χ1n) is 7.60. The molecular formula is C15H27NO2. The molecular weight excluding hydrogens is 226 g/mol. The molecule has 0 bridgehead atoms. The quantitative estimate of drug-likeness (QED) is 0.840. The van der Waals surface area contributed by atoms with Gasteiger partial charge >= 0.3 is 0 Å². The van der Waals surface area contributed by atoms with Crippen LogP contribution in [0.1, 0.15) is 57.8 Å². The zero-order valence-electron chi connectivity index (χ0n) is 11.6. The normalized spacial score (nSPS) is 30.1. The number of aliphatic hydroxyl groups excluding tert-OH is 1. The zero-order valence-corrected chi connectivity index (χ0v) is 11.6. The van der Waals surface area contributed by atoms with Crippen LogP contribution in [0.3, 0.4) is 0 Å². The Morgan fingerprint density at radius 1 is 1.06 bits per heavy atom. The molecule has 0 heterocycles. The molecule has 18 heavy (non-hydrogen) atoms. The number of amides is 1. The van der Waals surface area contributed by atoms with Crippen molar-refractivity contribution in [1.82, 2.24) is 4.90 Å². The molecule has 3 nitrogen and oxygen atoms in total. The molecule has 0 aromatic carbocycles. The van der Waals surface area contributed by atoms with Crippen molar-refractivity contribution in [3.63, 3.8) is 0 Å². The largest absolute Gasteiger partial charge is 0.393 e. The van der Waals surface area contributed by atoms with Crippen molar-refractivity contribution in [2.24, 2.45) is 11.8 Å².